The van der Waals surface area contributed by atoms with Gasteiger partial charge in [-0.3, -0.25) is 14.6 Å². The third-order valence-electron chi connectivity index (χ3n) is 7.83. The summed E-state index contributed by atoms with van der Waals surface area (Å²) in [6.45, 7) is 0.659. The maximum atomic E-state index is 13.9. The number of benzene rings is 1. The van der Waals surface area contributed by atoms with Crippen molar-refractivity contribution in [3.05, 3.63) is 83.3 Å². The normalized spacial score (nSPS) is 18.3. The van der Waals surface area contributed by atoms with Gasteiger partial charge in [0.25, 0.3) is 6.43 Å². The van der Waals surface area contributed by atoms with Crippen molar-refractivity contribution in [1.29, 1.82) is 0 Å². The van der Waals surface area contributed by atoms with E-state index in [1.807, 2.05) is 6.07 Å². The van der Waals surface area contributed by atoms with E-state index < -0.39 is 30.0 Å². The van der Waals surface area contributed by atoms with Gasteiger partial charge in [-0.1, -0.05) is 25.0 Å². The fraction of sp³-hybridized carbons (Fsp3) is 0.387. The Bertz CT molecular complexity index is 1600. The quantitative estimate of drug-likeness (QED) is 0.211. The number of carbonyl (C=O) groups is 2. The molecule has 224 valence electrons. The number of pyridine rings is 1. The minimum Gasteiger partial charge on any atom is -0.444 e. The van der Waals surface area contributed by atoms with Gasteiger partial charge in [0.15, 0.2) is 5.78 Å². The first kappa shape index (κ1) is 28.8. The second kappa shape index (κ2) is 12.5. The summed E-state index contributed by atoms with van der Waals surface area (Å²) in [7, 11) is 0. The van der Waals surface area contributed by atoms with Crippen LogP contribution in [0.1, 0.15) is 65.1 Å². The maximum absolute atomic E-state index is 13.9. The van der Waals surface area contributed by atoms with Crippen molar-refractivity contribution in [1.82, 2.24) is 30.4 Å². The number of aliphatic hydroxyl groups is 1. The number of amides is 1. The van der Waals surface area contributed by atoms with Gasteiger partial charge in [0, 0.05) is 48.7 Å². The number of hydrogen-bond donors (Lipinski definition) is 3. The van der Waals surface area contributed by atoms with Gasteiger partial charge in [-0.15, -0.1) is 0 Å². The number of halogens is 2. The molecule has 1 aliphatic heterocycles. The molecule has 1 aliphatic carbocycles. The van der Waals surface area contributed by atoms with Gasteiger partial charge < -0.3 is 20.2 Å². The van der Waals surface area contributed by atoms with Crippen LogP contribution in [0.4, 0.5) is 8.78 Å². The van der Waals surface area contributed by atoms with E-state index in [4.69, 9.17) is 4.42 Å². The molecule has 2 atom stereocenters. The lowest BCUT2D eigenvalue weighted by atomic mass is 10.1. The predicted molar refractivity (Wildman–Crippen MR) is 152 cm³/mol. The monoisotopic (exact) mass is 590 g/mol. The molecular weight excluding hydrogens is 558 g/mol. The van der Waals surface area contributed by atoms with E-state index in [1.165, 1.54) is 30.0 Å². The third-order valence-corrected chi connectivity index (χ3v) is 7.83. The summed E-state index contributed by atoms with van der Waals surface area (Å²) >= 11 is 0. The first-order valence-corrected chi connectivity index (χ1v) is 14.4. The summed E-state index contributed by atoms with van der Waals surface area (Å²) in [5.41, 5.74) is 2.64. The van der Waals surface area contributed by atoms with Gasteiger partial charge in [0.2, 0.25) is 11.8 Å². The first-order valence-electron chi connectivity index (χ1n) is 14.4. The molecule has 10 nitrogen and oxygen atoms in total. The molecule has 3 aromatic heterocycles. The third kappa shape index (κ3) is 7.03. The number of ketones is 1. The van der Waals surface area contributed by atoms with Crippen LogP contribution < -0.4 is 10.6 Å². The molecule has 2 fully saturated rings. The SMILES string of the molecule is O=C(Cc1cn(-c2ccc(CNC(=O)[C@@H]3C[C@@H](O)CN3)cc2)nc1C(F)F)c1coc(-c2ccnc(CCC3CC3)c2)n1. The molecule has 0 spiro atoms. The molecule has 1 saturated heterocycles. The van der Waals surface area contributed by atoms with Crippen LogP contribution in [0.25, 0.3) is 17.1 Å². The van der Waals surface area contributed by atoms with Crippen LogP contribution in [-0.2, 0) is 24.2 Å². The Kier molecular flexibility index (Phi) is 8.39. The van der Waals surface area contributed by atoms with E-state index in [0.29, 0.717) is 24.2 Å². The molecule has 0 radical (unpaired) electrons. The number of β-amino-alcohol motifs (C(OH)–C–C–N with tert-alkyl or cyclic N) is 1. The first-order chi connectivity index (χ1) is 20.8. The van der Waals surface area contributed by atoms with Gasteiger partial charge in [0.1, 0.15) is 17.7 Å². The number of nitrogens with zero attached hydrogens (tertiary/aromatic N) is 4. The Morgan fingerprint density at radius 3 is 2.72 bits per heavy atom. The number of oxazole rings is 1. The Labute approximate surface area is 246 Å². The lowest BCUT2D eigenvalue weighted by molar-refractivity contribution is -0.123. The standard InChI is InChI=1S/C31H32F2N6O4/c32-29(33)28-21(12-27(41)26-17-43-31(37-26)20-9-10-34-22(11-20)6-3-18-1-2-18)16-39(38-28)23-7-4-19(5-8-23)14-36-30(42)25-13-24(40)15-35-25/h4-5,7-11,16-18,24-25,29,35,40H,1-3,6,12-15H2,(H,36,42)/t24-,25+/m1/s1. The van der Waals surface area contributed by atoms with E-state index in [0.717, 1.165) is 30.0 Å². The molecule has 12 heteroatoms. The molecule has 0 bridgehead atoms. The van der Waals surface area contributed by atoms with Crippen molar-refractivity contribution in [2.24, 2.45) is 5.92 Å². The van der Waals surface area contributed by atoms with Crippen LogP contribution in [0.15, 0.2) is 59.5 Å². The van der Waals surface area contributed by atoms with E-state index in [-0.39, 0.29) is 36.0 Å². The fourth-order valence-corrected chi connectivity index (χ4v) is 5.18. The van der Waals surface area contributed by atoms with Crippen LogP contribution in [0.5, 0.6) is 0 Å². The summed E-state index contributed by atoms with van der Waals surface area (Å²) in [4.78, 5) is 34.1. The average molecular weight is 591 g/mol. The molecule has 4 aromatic rings. The Balaban J connectivity index is 1.10. The highest BCUT2D eigenvalue weighted by molar-refractivity contribution is 5.96. The van der Waals surface area contributed by atoms with Gasteiger partial charge in [-0.2, -0.15) is 5.10 Å². The molecule has 4 heterocycles. The van der Waals surface area contributed by atoms with Crippen LogP contribution in [0.3, 0.4) is 0 Å². The number of aromatic nitrogens is 4. The fourth-order valence-electron chi connectivity index (χ4n) is 5.18. The highest BCUT2D eigenvalue weighted by atomic mass is 19.3. The number of alkyl halides is 2. The van der Waals surface area contributed by atoms with Crippen molar-refractivity contribution in [3.8, 4) is 17.1 Å². The molecule has 1 amide bonds. The highest BCUT2D eigenvalue weighted by Crippen LogP contribution is 2.33. The zero-order valence-electron chi connectivity index (χ0n) is 23.4. The number of aliphatic hydroxyl groups excluding tert-OH is 1. The molecule has 6 rings (SSSR count). The lowest BCUT2D eigenvalue weighted by Crippen LogP contribution is -2.39. The van der Waals surface area contributed by atoms with E-state index >= 15 is 0 Å². The zero-order chi connectivity index (χ0) is 29.9. The van der Waals surface area contributed by atoms with Crippen molar-refractivity contribution >= 4 is 11.7 Å². The minimum atomic E-state index is -2.88. The number of hydrogen-bond acceptors (Lipinski definition) is 8. The van der Waals surface area contributed by atoms with Gasteiger partial charge >= 0.3 is 0 Å². The maximum Gasteiger partial charge on any atom is 0.282 e. The van der Waals surface area contributed by atoms with Crippen LogP contribution in [0.2, 0.25) is 0 Å². The van der Waals surface area contributed by atoms with Crippen molar-refractivity contribution in [2.75, 3.05) is 6.54 Å². The summed E-state index contributed by atoms with van der Waals surface area (Å²) < 4.78 is 34.7. The Hall–Kier alpha value is -4.29. The molecule has 1 aromatic carbocycles. The van der Waals surface area contributed by atoms with Crippen LogP contribution in [0, 0.1) is 5.92 Å². The largest absolute Gasteiger partial charge is 0.444 e. The molecule has 1 saturated carbocycles. The lowest BCUT2D eigenvalue weighted by Gasteiger charge is -2.11. The number of carbonyl (C=O) groups excluding carboxylic acids is 2. The smallest absolute Gasteiger partial charge is 0.282 e. The van der Waals surface area contributed by atoms with E-state index in [1.54, 1.807) is 36.5 Å². The van der Waals surface area contributed by atoms with Crippen LogP contribution in [-0.4, -0.2) is 55.2 Å². The number of aryl methyl sites for hydroxylation is 1. The van der Waals surface area contributed by atoms with Crippen molar-refractivity contribution < 1.29 is 27.9 Å². The predicted octanol–water partition coefficient (Wildman–Crippen LogP) is 3.97. The van der Waals surface area contributed by atoms with Crippen LogP contribution >= 0.6 is 0 Å². The Morgan fingerprint density at radius 2 is 2.00 bits per heavy atom. The van der Waals surface area contributed by atoms with Gasteiger partial charge in [-0.05, 0) is 55.0 Å². The second-order valence-electron chi connectivity index (χ2n) is 11.2. The second-order valence-corrected chi connectivity index (χ2v) is 11.2. The van der Waals surface area contributed by atoms with E-state index in [2.05, 4.69) is 25.7 Å². The van der Waals surface area contributed by atoms with Gasteiger partial charge in [-0.25, -0.2) is 18.4 Å². The number of rotatable bonds is 12. The average Bonchev–Trinajstić information content (AvgIpc) is 3.34. The van der Waals surface area contributed by atoms with Crippen molar-refractivity contribution in [3.63, 3.8) is 0 Å². The molecule has 43 heavy (non-hydrogen) atoms. The van der Waals surface area contributed by atoms with Crippen molar-refractivity contribution in [2.45, 2.75) is 63.6 Å². The molecule has 3 N–H and O–H groups in total. The number of nitrogens with one attached hydrogen (secondary N) is 2. The van der Waals surface area contributed by atoms with Gasteiger partial charge in [0.05, 0.1) is 17.8 Å². The summed E-state index contributed by atoms with van der Waals surface area (Å²) in [6.07, 6.45) is 5.51. The molecular formula is C31H32F2N6O4. The molecule has 0 unspecified atom stereocenters. The molecule has 2 aliphatic rings. The Morgan fingerprint density at radius 1 is 1.19 bits per heavy atom. The van der Waals surface area contributed by atoms with E-state index in [9.17, 15) is 23.5 Å². The number of Topliss-reactive ketones (excluding diaryl/α,β-unsaturated/α-hetero) is 1. The minimum absolute atomic E-state index is 0.0491. The summed E-state index contributed by atoms with van der Waals surface area (Å²) in [5.74, 6) is 0.400. The topological polar surface area (TPSA) is 135 Å². The summed E-state index contributed by atoms with van der Waals surface area (Å²) in [5, 5.41) is 19.4. The highest BCUT2D eigenvalue weighted by Gasteiger charge is 2.28. The summed E-state index contributed by atoms with van der Waals surface area (Å²) in [6, 6.07) is 10.1. The zero-order valence-corrected chi connectivity index (χ0v) is 23.4.